The van der Waals surface area contributed by atoms with E-state index in [0.29, 0.717) is 6.61 Å². The molecule has 0 aliphatic heterocycles. The fourth-order valence-corrected chi connectivity index (χ4v) is 2.20. The van der Waals surface area contributed by atoms with Gasteiger partial charge in [0, 0.05) is 23.2 Å². The molecule has 0 aliphatic carbocycles. The highest BCUT2D eigenvalue weighted by Gasteiger charge is 2.01. The Balaban J connectivity index is 0.00000220. The third-order valence-electron chi connectivity index (χ3n) is 2.96. The summed E-state index contributed by atoms with van der Waals surface area (Å²) in [5, 5.41) is 0. The van der Waals surface area contributed by atoms with Crippen molar-refractivity contribution in [2.24, 2.45) is 0 Å². The molecule has 0 radical (unpaired) electrons. The van der Waals surface area contributed by atoms with Crippen LogP contribution in [0, 0.1) is 0 Å². The molecule has 5 heteroatoms. The molecule has 3 nitrogen and oxygen atoms in total. The number of benzene rings is 2. The monoisotopic (exact) mass is 370 g/mol. The van der Waals surface area contributed by atoms with E-state index in [9.17, 15) is 0 Å². The number of anilines is 1. The lowest BCUT2D eigenvalue weighted by Gasteiger charge is -2.17. The third-order valence-corrected chi connectivity index (χ3v) is 3.49. The van der Waals surface area contributed by atoms with Gasteiger partial charge >= 0.3 is 0 Å². The molecule has 0 spiro atoms. The molecule has 2 rings (SSSR count). The summed E-state index contributed by atoms with van der Waals surface area (Å²) in [4.78, 5) is 2.22. The number of nitrogens with zero attached hydrogens (tertiary/aromatic N) is 1. The van der Waals surface area contributed by atoms with Crippen molar-refractivity contribution in [3.63, 3.8) is 0 Å². The average Bonchev–Trinajstić information content (AvgIpc) is 2.41. The molecule has 0 bridgehead atoms. The largest absolute Gasteiger partial charge is 0.492 e. The minimum Gasteiger partial charge on any atom is -0.492 e. The standard InChI is InChI=1S/C16H19BrN2O.ClH/c1-19(12-13-3-2-4-15(18)11-13)9-10-20-16-7-5-14(17)6-8-16;/h2-8,11H,9-10,12,18H2,1H3;1H. The van der Waals surface area contributed by atoms with E-state index in [-0.39, 0.29) is 12.4 Å². The summed E-state index contributed by atoms with van der Waals surface area (Å²) < 4.78 is 6.76. The lowest BCUT2D eigenvalue weighted by Crippen LogP contribution is -2.23. The van der Waals surface area contributed by atoms with Crippen molar-refractivity contribution in [3.05, 3.63) is 58.6 Å². The van der Waals surface area contributed by atoms with Crippen LogP contribution in [0.4, 0.5) is 5.69 Å². The minimum atomic E-state index is 0. The van der Waals surface area contributed by atoms with Crippen molar-refractivity contribution in [2.45, 2.75) is 6.54 Å². The lowest BCUT2D eigenvalue weighted by molar-refractivity contribution is 0.233. The summed E-state index contributed by atoms with van der Waals surface area (Å²) in [6.07, 6.45) is 0. The topological polar surface area (TPSA) is 38.5 Å². The number of nitrogens with two attached hydrogens (primary N) is 1. The predicted molar refractivity (Wildman–Crippen MR) is 94.1 cm³/mol. The molecule has 2 aromatic rings. The fourth-order valence-electron chi connectivity index (χ4n) is 1.93. The van der Waals surface area contributed by atoms with E-state index in [0.717, 1.165) is 29.0 Å². The van der Waals surface area contributed by atoms with Gasteiger partial charge in [-0.05, 0) is 49.0 Å². The molecule has 0 aromatic heterocycles. The van der Waals surface area contributed by atoms with Crippen LogP contribution in [0.2, 0.25) is 0 Å². The fraction of sp³-hybridized carbons (Fsp3) is 0.250. The van der Waals surface area contributed by atoms with Crippen LogP contribution >= 0.6 is 28.3 Å². The molecule has 0 heterocycles. The molecule has 2 N–H and O–H groups in total. The Kier molecular flexibility index (Phi) is 7.57. The Morgan fingerprint density at radius 2 is 1.86 bits per heavy atom. The first-order valence-electron chi connectivity index (χ1n) is 6.55. The molecular weight excluding hydrogens is 352 g/mol. The first-order chi connectivity index (χ1) is 9.63. The van der Waals surface area contributed by atoms with E-state index in [4.69, 9.17) is 10.5 Å². The van der Waals surface area contributed by atoms with Crippen molar-refractivity contribution in [1.82, 2.24) is 4.90 Å². The highest BCUT2D eigenvalue weighted by atomic mass is 79.9. The summed E-state index contributed by atoms with van der Waals surface area (Å²) in [6, 6.07) is 15.9. The molecule has 0 fully saturated rings. The number of hydrogen-bond acceptors (Lipinski definition) is 3. The lowest BCUT2D eigenvalue weighted by atomic mass is 10.2. The molecule has 0 amide bonds. The summed E-state index contributed by atoms with van der Waals surface area (Å²) >= 11 is 3.41. The second-order valence-corrected chi connectivity index (χ2v) is 5.70. The van der Waals surface area contributed by atoms with E-state index in [2.05, 4.69) is 33.9 Å². The minimum absolute atomic E-state index is 0. The van der Waals surface area contributed by atoms with Crippen LogP contribution in [0.1, 0.15) is 5.56 Å². The van der Waals surface area contributed by atoms with Gasteiger partial charge in [0.25, 0.3) is 0 Å². The number of likely N-dealkylation sites (N-methyl/N-ethyl adjacent to an activating group) is 1. The van der Waals surface area contributed by atoms with Crippen LogP contribution in [0.15, 0.2) is 53.0 Å². The zero-order chi connectivity index (χ0) is 14.4. The zero-order valence-electron chi connectivity index (χ0n) is 12.0. The van der Waals surface area contributed by atoms with Gasteiger partial charge in [-0.3, -0.25) is 4.90 Å². The Morgan fingerprint density at radius 1 is 1.14 bits per heavy atom. The second-order valence-electron chi connectivity index (χ2n) is 4.79. The molecule has 0 saturated heterocycles. The van der Waals surface area contributed by atoms with Gasteiger partial charge in [-0.15, -0.1) is 12.4 Å². The number of ether oxygens (including phenoxy) is 1. The molecule has 0 atom stereocenters. The Morgan fingerprint density at radius 3 is 2.52 bits per heavy atom. The van der Waals surface area contributed by atoms with Gasteiger partial charge in [0.05, 0.1) is 0 Å². The van der Waals surface area contributed by atoms with E-state index in [1.807, 2.05) is 42.5 Å². The van der Waals surface area contributed by atoms with Crippen molar-refractivity contribution in [1.29, 1.82) is 0 Å². The molecule has 0 saturated carbocycles. The van der Waals surface area contributed by atoms with Crippen LogP contribution in [0.5, 0.6) is 5.75 Å². The van der Waals surface area contributed by atoms with Gasteiger partial charge in [0.15, 0.2) is 0 Å². The van der Waals surface area contributed by atoms with Gasteiger partial charge in [-0.2, -0.15) is 0 Å². The number of halogens is 2. The van der Waals surface area contributed by atoms with E-state index >= 15 is 0 Å². The molecule has 114 valence electrons. The zero-order valence-corrected chi connectivity index (χ0v) is 14.4. The van der Waals surface area contributed by atoms with Crippen molar-refractivity contribution in [3.8, 4) is 5.75 Å². The normalized spacial score (nSPS) is 10.2. The van der Waals surface area contributed by atoms with Crippen molar-refractivity contribution < 1.29 is 4.74 Å². The number of nitrogen functional groups attached to an aromatic ring is 1. The van der Waals surface area contributed by atoms with Crippen molar-refractivity contribution >= 4 is 34.0 Å². The molecule has 0 aliphatic rings. The average molecular weight is 372 g/mol. The number of rotatable bonds is 6. The Labute approximate surface area is 140 Å². The quantitative estimate of drug-likeness (QED) is 0.781. The van der Waals surface area contributed by atoms with Crippen LogP contribution in [-0.4, -0.2) is 25.1 Å². The van der Waals surface area contributed by atoms with Crippen LogP contribution < -0.4 is 10.5 Å². The Bertz CT molecular complexity index is 548. The van der Waals surface area contributed by atoms with Gasteiger partial charge in [-0.1, -0.05) is 28.1 Å². The van der Waals surface area contributed by atoms with Crippen LogP contribution in [0.25, 0.3) is 0 Å². The van der Waals surface area contributed by atoms with E-state index < -0.39 is 0 Å². The summed E-state index contributed by atoms with van der Waals surface area (Å²) in [5.41, 5.74) is 7.80. The first-order valence-corrected chi connectivity index (χ1v) is 7.34. The van der Waals surface area contributed by atoms with Crippen LogP contribution in [0.3, 0.4) is 0 Å². The second kappa shape index (κ2) is 8.93. The maximum atomic E-state index is 5.78. The van der Waals surface area contributed by atoms with Gasteiger partial charge in [-0.25, -0.2) is 0 Å². The maximum Gasteiger partial charge on any atom is 0.119 e. The number of hydrogen-bond donors (Lipinski definition) is 1. The van der Waals surface area contributed by atoms with E-state index in [1.54, 1.807) is 0 Å². The Hall–Kier alpha value is -1.23. The van der Waals surface area contributed by atoms with Gasteiger partial charge in [0.1, 0.15) is 12.4 Å². The first kappa shape index (κ1) is 17.8. The summed E-state index contributed by atoms with van der Waals surface area (Å²) in [5.74, 6) is 0.894. The predicted octanol–water partition coefficient (Wildman–Crippen LogP) is 3.96. The van der Waals surface area contributed by atoms with E-state index in [1.165, 1.54) is 5.56 Å². The van der Waals surface area contributed by atoms with Crippen LogP contribution in [-0.2, 0) is 6.54 Å². The highest BCUT2D eigenvalue weighted by molar-refractivity contribution is 9.10. The van der Waals surface area contributed by atoms with Crippen molar-refractivity contribution in [2.75, 3.05) is 25.9 Å². The van der Waals surface area contributed by atoms with Gasteiger partial charge in [0.2, 0.25) is 0 Å². The molecule has 21 heavy (non-hydrogen) atoms. The SMILES string of the molecule is CN(CCOc1ccc(Br)cc1)Cc1cccc(N)c1.Cl. The summed E-state index contributed by atoms with van der Waals surface area (Å²) in [7, 11) is 2.08. The van der Waals surface area contributed by atoms with Gasteiger partial charge < -0.3 is 10.5 Å². The molecule has 0 unspecified atom stereocenters. The maximum absolute atomic E-state index is 5.78. The molecular formula is C16H20BrClN2O. The smallest absolute Gasteiger partial charge is 0.119 e. The summed E-state index contributed by atoms with van der Waals surface area (Å²) in [6.45, 7) is 2.40. The highest BCUT2D eigenvalue weighted by Crippen LogP contribution is 2.16. The third kappa shape index (κ3) is 6.38. The molecule has 2 aromatic carbocycles.